The second kappa shape index (κ2) is 6.56. The quantitative estimate of drug-likeness (QED) is 0.784. The van der Waals surface area contributed by atoms with Gasteiger partial charge in [0.2, 0.25) is 0 Å². The Hall–Kier alpha value is -2.43. The molecule has 0 N–H and O–H groups in total. The molecule has 5 nitrogen and oxygen atoms in total. The molecule has 0 spiro atoms. The molecule has 1 atom stereocenters. The molecular formula is C17H19NO4. The maximum absolute atomic E-state index is 12.3. The van der Waals surface area contributed by atoms with E-state index in [1.165, 1.54) is 0 Å². The summed E-state index contributed by atoms with van der Waals surface area (Å²) >= 11 is 0. The highest BCUT2D eigenvalue weighted by Crippen LogP contribution is 2.36. The Bertz CT molecular complexity index is 633. The van der Waals surface area contributed by atoms with E-state index in [9.17, 15) is 9.59 Å². The zero-order valence-corrected chi connectivity index (χ0v) is 13.0. The summed E-state index contributed by atoms with van der Waals surface area (Å²) in [6, 6.07) is 9.37. The highest BCUT2D eigenvalue weighted by Gasteiger charge is 2.46. The fourth-order valence-electron chi connectivity index (χ4n) is 2.26. The van der Waals surface area contributed by atoms with Gasteiger partial charge in [-0.05, 0) is 32.4 Å². The third-order valence-electron chi connectivity index (χ3n) is 3.39. The molecule has 2 rings (SSSR count). The molecule has 5 heteroatoms. The summed E-state index contributed by atoms with van der Waals surface area (Å²) in [7, 11) is 0. The number of ether oxygens (including phenoxy) is 2. The van der Waals surface area contributed by atoms with E-state index in [1.54, 1.807) is 26.8 Å². The lowest BCUT2D eigenvalue weighted by atomic mass is 9.85. The number of esters is 2. The molecule has 1 unspecified atom stereocenters. The van der Waals surface area contributed by atoms with Crippen LogP contribution < -0.4 is 0 Å². The largest absolute Gasteiger partial charge is 0.465 e. The molecule has 0 bridgehead atoms. The van der Waals surface area contributed by atoms with Crippen molar-refractivity contribution in [3.63, 3.8) is 0 Å². The lowest BCUT2D eigenvalue weighted by Crippen LogP contribution is -2.39. The monoisotopic (exact) mass is 301 g/mol. The van der Waals surface area contributed by atoms with E-state index in [-0.39, 0.29) is 18.9 Å². The van der Waals surface area contributed by atoms with Crippen LogP contribution in [0.5, 0.6) is 0 Å². The number of hydrogen-bond donors (Lipinski definition) is 0. The third kappa shape index (κ3) is 2.93. The summed E-state index contributed by atoms with van der Waals surface area (Å²) in [6.07, 6.45) is 1.66. The molecule has 116 valence electrons. The fourth-order valence-corrected chi connectivity index (χ4v) is 2.26. The molecule has 1 aromatic rings. The van der Waals surface area contributed by atoms with Crippen molar-refractivity contribution in [1.29, 1.82) is 0 Å². The van der Waals surface area contributed by atoms with Crippen LogP contribution in [-0.4, -0.2) is 30.9 Å². The van der Waals surface area contributed by atoms with E-state index in [4.69, 9.17) is 9.47 Å². The van der Waals surface area contributed by atoms with Crippen LogP contribution >= 0.6 is 0 Å². The van der Waals surface area contributed by atoms with Crippen LogP contribution in [0.15, 0.2) is 41.4 Å². The van der Waals surface area contributed by atoms with Crippen LogP contribution in [0.3, 0.4) is 0 Å². The van der Waals surface area contributed by atoms with Crippen molar-refractivity contribution in [3.8, 4) is 0 Å². The van der Waals surface area contributed by atoms with Crippen LogP contribution in [-0.2, 0) is 19.1 Å². The summed E-state index contributed by atoms with van der Waals surface area (Å²) in [6.45, 7) is 5.51. The first-order valence-electron chi connectivity index (χ1n) is 7.24. The Labute approximate surface area is 129 Å². The van der Waals surface area contributed by atoms with E-state index in [0.717, 1.165) is 5.56 Å². The van der Waals surface area contributed by atoms with E-state index in [0.29, 0.717) is 5.70 Å². The average molecular weight is 301 g/mol. The fraction of sp³-hybridized carbons (Fsp3) is 0.353. The van der Waals surface area contributed by atoms with Crippen molar-refractivity contribution in [1.82, 2.24) is 0 Å². The SMILES string of the molecule is CCOC(=O)C1=NC(c2ccccc2)=CC1(C)C(=O)OCC. The minimum absolute atomic E-state index is 0.0617. The number of hydrogen-bond acceptors (Lipinski definition) is 5. The van der Waals surface area contributed by atoms with Gasteiger partial charge in [0.05, 0.1) is 18.9 Å². The lowest BCUT2D eigenvalue weighted by molar-refractivity contribution is -0.149. The van der Waals surface area contributed by atoms with Gasteiger partial charge in [-0.3, -0.25) is 4.79 Å². The van der Waals surface area contributed by atoms with Gasteiger partial charge in [0.15, 0.2) is 0 Å². The van der Waals surface area contributed by atoms with Crippen LogP contribution in [0.1, 0.15) is 26.3 Å². The van der Waals surface area contributed by atoms with Gasteiger partial charge in [0, 0.05) is 0 Å². The normalized spacial score (nSPS) is 20.1. The van der Waals surface area contributed by atoms with Gasteiger partial charge < -0.3 is 9.47 Å². The van der Waals surface area contributed by atoms with Crippen molar-refractivity contribution < 1.29 is 19.1 Å². The molecule has 1 aromatic carbocycles. The molecule has 1 aliphatic rings. The Balaban J connectivity index is 2.45. The molecule has 22 heavy (non-hydrogen) atoms. The van der Waals surface area contributed by atoms with E-state index >= 15 is 0 Å². The smallest absolute Gasteiger partial charge is 0.354 e. The minimum atomic E-state index is -1.23. The summed E-state index contributed by atoms with van der Waals surface area (Å²) in [4.78, 5) is 28.8. The molecular weight excluding hydrogens is 282 g/mol. The predicted octanol–water partition coefficient (Wildman–Crippen LogP) is 2.61. The maximum atomic E-state index is 12.3. The number of rotatable bonds is 5. The zero-order valence-electron chi connectivity index (χ0n) is 13.0. The number of benzene rings is 1. The van der Waals surface area contributed by atoms with Crippen molar-refractivity contribution in [2.45, 2.75) is 20.8 Å². The standard InChI is InChI=1S/C17H19NO4/c1-4-21-15(19)14-17(3,16(20)22-5-2)11-13(18-14)12-9-7-6-8-10-12/h6-11H,4-5H2,1-3H3. The van der Waals surface area contributed by atoms with Gasteiger partial charge in [-0.1, -0.05) is 30.3 Å². The Morgan fingerprint density at radius 1 is 1.09 bits per heavy atom. The van der Waals surface area contributed by atoms with Gasteiger partial charge in [0.25, 0.3) is 0 Å². The zero-order chi connectivity index (χ0) is 16.2. The number of aliphatic imine (C=N–C) groups is 1. The summed E-state index contributed by atoms with van der Waals surface area (Å²) < 4.78 is 10.1. The van der Waals surface area contributed by atoms with Crippen molar-refractivity contribution >= 4 is 23.3 Å². The Morgan fingerprint density at radius 2 is 1.73 bits per heavy atom. The highest BCUT2D eigenvalue weighted by atomic mass is 16.5. The predicted molar refractivity (Wildman–Crippen MR) is 83.2 cm³/mol. The molecule has 0 fully saturated rings. The van der Waals surface area contributed by atoms with Crippen LogP contribution in [0.25, 0.3) is 5.70 Å². The molecule has 0 saturated heterocycles. The molecule has 0 amide bonds. The maximum Gasteiger partial charge on any atom is 0.354 e. The van der Waals surface area contributed by atoms with Crippen molar-refractivity contribution in [3.05, 3.63) is 42.0 Å². The van der Waals surface area contributed by atoms with E-state index in [1.807, 2.05) is 30.3 Å². The second-order valence-electron chi connectivity index (χ2n) is 5.00. The molecule has 0 aromatic heterocycles. The summed E-state index contributed by atoms with van der Waals surface area (Å²) in [5.74, 6) is -1.10. The Kier molecular flexibility index (Phi) is 4.75. The number of carbonyl (C=O) groups excluding carboxylic acids is 2. The van der Waals surface area contributed by atoms with Gasteiger partial charge >= 0.3 is 11.9 Å². The first-order valence-corrected chi connectivity index (χ1v) is 7.24. The molecule has 0 radical (unpaired) electrons. The van der Waals surface area contributed by atoms with E-state index < -0.39 is 17.4 Å². The average Bonchev–Trinajstić information content (AvgIpc) is 2.88. The lowest BCUT2D eigenvalue weighted by Gasteiger charge is -2.20. The second-order valence-corrected chi connectivity index (χ2v) is 5.00. The molecule has 1 heterocycles. The van der Waals surface area contributed by atoms with Crippen molar-refractivity contribution in [2.24, 2.45) is 10.4 Å². The number of nitrogens with zero attached hydrogens (tertiary/aromatic N) is 1. The third-order valence-corrected chi connectivity index (χ3v) is 3.39. The van der Waals surface area contributed by atoms with Crippen LogP contribution in [0.2, 0.25) is 0 Å². The highest BCUT2D eigenvalue weighted by molar-refractivity contribution is 6.45. The number of carbonyl (C=O) groups is 2. The van der Waals surface area contributed by atoms with Crippen LogP contribution in [0.4, 0.5) is 0 Å². The van der Waals surface area contributed by atoms with Gasteiger partial charge in [-0.15, -0.1) is 0 Å². The molecule has 1 aliphatic heterocycles. The first kappa shape index (κ1) is 15.9. The molecule has 0 aliphatic carbocycles. The van der Waals surface area contributed by atoms with Crippen LogP contribution in [0, 0.1) is 5.41 Å². The van der Waals surface area contributed by atoms with Gasteiger partial charge in [-0.2, -0.15) is 0 Å². The van der Waals surface area contributed by atoms with Gasteiger partial charge in [-0.25, -0.2) is 9.79 Å². The van der Waals surface area contributed by atoms with E-state index in [2.05, 4.69) is 4.99 Å². The Morgan fingerprint density at radius 3 is 2.32 bits per heavy atom. The summed E-state index contributed by atoms with van der Waals surface area (Å²) in [5, 5.41) is 0. The van der Waals surface area contributed by atoms with Gasteiger partial charge in [0.1, 0.15) is 11.1 Å². The van der Waals surface area contributed by atoms with Crippen molar-refractivity contribution in [2.75, 3.05) is 13.2 Å². The molecule has 0 saturated carbocycles. The first-order chi connectivity index (χ1) is 10.5. The topological polar surface area (TPSA) is 65.0 Å². The summed E-state index contributed by atoms with van der Waals surface area (Å²) in [5.41, 5.74) is 0.233. The minimum Gasteiger partial charge on any atom is -0.465 e.